The van der Waals surface area contributed by atoms with Gasteiger partial charge < -0.3 is 10.6 Å². The van der Waals surface area contributed by atoms with Crippen LogP contribution in [0.15, 0.2) is 24.3 Å². The van der Waals surface area contributed by atoms with Gasteiger partial charge in [0.2, 0.25) is 17.6 Å². The number of aromatic nitrogens is 4. The second kappa shape index (κ2) is 9.64. The van der Waals surface area contributed by atoms with E-state index in [0.29, 0.717) is 17.3 Å². The number of carbonyl (C=O) groups excluding carboxylic acids is 2. The number of nitrogens with one attached hydrogen (secondary N) is 2. The largest absolute Gasteiger partial charge is 0.354 e. The summed E-state index contributed by atoms with van der Waals surface area (Å²) < 4.78 is 0. The summed E-state index contributed by atoms with van der Waals surface area (Å²) in [7, 11) is 0. The number of hydrogen-bond donors (Lipinski definition) is 2. The fraction of sp³-hybridized carbons (Fsp3) is 0.526. The lowest BCUT2D eigenvalue weighted by Crippen LogP contribution is -2.38. The van der Waals surface area contributed by atoms with Gasteiger partial charge in [-0.1, -0.05) is 31.4 Å². The Morgan fingerprint density at radius 1 is 1.25 bits per heavy atom. The predicted octanol–water partition coefficient (Wildman–Crippen LogP) is 2.51. The van der Waals surface area contributed by atoms with Gasteiger partial charge in [-0.25, -0.2) is 0 Å². The van der Waals surface area contributed by atoms with Gasteiger partial charge in [0.1, 0.15) is 0 Å². The fourth-order valence-corrected chi connectivity index (χ4v) is 3.44. The maximum absolute atomic E-state index is 12.5. The van der Waals surface area contributed by atoms with Crippen LogP contribution < -0.4 is 10.6 Å². The van der Waals surface area contributed by atoms with Crippen molar-refractivity contribution in [2.45, 2.75) is 57.5 Å². The number of rotatable bonds is 8. The molecule has 1 fully saturated rings. The van der Waals surface area contributed by atoms with Crippen molar-refractivity contribution in [2.24, 2.45) is 0 Å². The fourth-order valence-electron chi connectivity index (χ4n) is 3.31. The van der Waals surface area contributed by atoms with Gasteiger partial charge in [-0.3, -0.25) is 9.59 Å². The van der Waals surface area contributed by atoms with Crippen LogP contribution >= 0.6 is 11.6 Å². The Kier molecular flexibility index (Phi) is 6.97. The lowest BCUT2D eigenvalue weighted by atomic mass is 10.2. The van der Waals surface area contributed by atoms with Crippen molar-refractivity contribution < 1.29 is 9.59 Å². The number of carbonyl (C=O) groups is 2. The van der Waals surface area contributed by atoms with Crippen LogP contribution in [0.3, 0.4) is 0 Å². The summed E-state index contributed by atoms with van der Waals surface area (Å²) in [5.41, 5.74) is 0.773. The van der Waals surface area contributed by atoms with Gasteiger partial charge in [0.15, 0.2) is 6.04 Å². The van der Waals surface area contributed by atoms with Crippen LogP contribution in [0, 0.1) is 0 Å². The summed E-state index contributed by atoms with van der Waals surface area (Å²) in [4.78, 5) is 25.8. The van der Waals surface area contributed by atoms with E-state index in [1.807, 2.05) is 6.92 Å². The molecule has 2 N–H and O–H groups in total. The van der Waals surface area contributed by atoms with E-state index in [2.05, 4.69) is 26.0 Å². The molecule has 0 aliphatic heterocycles. The standard InChI is InChI=1S/C19H25ClN6O2/c1-2-16(19(28)21-12-11-17(27)22-15-5-3-4-6-15)26-24-18(23-25-26)13-7-9-14(20)10-8-13/h7-10,15-16H,2-6,11-12H2,1H3,(H,21,28)(H,22,27). The van der Waals surface area contributed by atoms with E-state index in [9.17, 15) is 9.59 Å². The van der Waals surface area contributed by atoms with Crippen LogP contribution in [0.2, 0.25) is 5.02 Å². The number of halogens is 1. The Balaban J connectivity index is 1.52. The van der Waals surface area contributed by atoms with Crippen LogP contribution in [0.25, 0.3) is 11.4 Å². The van der Waals surface area contributed by atoms with Gasteiger partial charge in [-0.15, -0.1) is 10.2 Å². The van der Waals surface area contributed by atoms with E-state index in [-0.39, 0.29) is 30.8 Å². The zero-order valence-corrected chi connectivity index (χ0v) is 16.7. The maximum atomic E-state index is 12.5. The molecule has 1 saturated carbocycles. The maximum Gasteiger partial charge on any atom is 0.246 e. The molecule has 1 aromatic carbocycles. The number of tetrazole rings is 1. The van der Waals surface area contributed by atoms with E-state index in [1.165, 1.54) is 17.6 Å². The van der Waals surface area contributed by atoms with Gasteiger partial charge in [-0.05, 0) is 48.7 Å². The van der Waals surface area contributed by atoms with Crippen LogP contribution in [0.1, 0.15) is 51.5 Å². The summed E-state index contributed by atoms with van der Waals surface area (Å²) in [5, 5.41) is 18.8. The van der Waals surface area contributed by atoms with Gasteiger partial charge >= 0.3 is 0 Å². The molecular weight excluding hydrogens is 380 g/mol. The van der Waals surface area contributed by atoms with Crippen LogP contribution in [0.4, 0.5) is 0 Å². The Morgan fingerprint density at radius 3 is 2.64 bits per heavy atom. The first-order valence-electron chi connectivity index (χ1n) is 9.69. The summed E-state index contributed by atoms with van der Waals surface area (Å²) >= 11 is 5.89. The molecule has 3 rings (SSSR count). The molecule has 2 amide bonds. The number of nitrogens with zero attached hydrogens (tertiary/aromatic N) is 4. The van der Waals surface area contributed by atoms with E-state index in [1.54, 1.807) is 24.3 Å². The molecule has 150 valence electrons. The van der Waals surface area contributed by atoms with E-state index >= 15 is 0 Å². The second-order valence-corrected chi connectivity index (χ2v) is 7.39. The van der Waals surface area contributed by atoms with Crippen molar-refractivity contribution in [3.8, 4) is 11.4 Å². The lowest BCUT2D eigenvalue weighted by Gasteiger charge is -2.14. The van der Waals surface area contributed by atoms with Crippen molar-refractivity contribution in [3.05, 3.63) is 29.3 Å². The van der Waals surface area contributed by atoms with Crippen LogP contribution in [-0.4, -0.2) is 44.6 Å². The molecular formula is C19H25ClN6O2. The minimum Gasteiger partial charge on any atom is -0.354 e. The Labute approximate surface area is 169 Å². The average Bonchev–Trinajstić information content (AvgIpc) is 3.35. The smallest absolute Gasteiger partial charge is 0.246 e. The highest BCUT2D eigenvalue weighted by molar-refractivity contribution is 6.30. The molecule has 8 nitrogen and oxygen atoms in total. The first-order chi connectivity index (χ1) is 13.6. The summed E-state index contributed by atoms with van der Waals surface area (Å²) in [6, 6.07) is 6.81. The third-order valence-corrected chi connectivity index (χ3v) is 5.12. The first-order valence-corrected chi connectivity index (χ1v) is 10.1. The van der Waals surface area contributed by atoms with E-state index in [0.717, 1.165) is 18.4 Å². The van der Waals surface area contributed by atoms with Crippen molar-refractivity contribution >= 4 is 23.4 Å². The summed E-state index contributed by atoms with van der Waals surface area (Å²) in [6.45, 7) is 2.16. The normalized spacial score (nSPS) is 15.4. The van der Waals surface area contributed by atoms with Crippen molar-refractivity contribution in [1.82, 2.24) is 30.8 Å². The van der Waals surface area contributed by atoms with E-state index < -0.39 is 6.04 Å². The first kappa shape index (κ1) is 20.3. The Bertz CT molecular complexity index is 801. The monoisotopic (exact) mass is 404 g/mol. The van der Waals surface area contributed by atoms with E-state index in [4.69, 9.17) is 11.6 Å². The van der Waals surface area contributed by atoms with Crippen molar-refractivity contribution in [1.29, 1.82) is 0 Å². The molecule has 9 heteroatoms. The zero-order chi connectivity index (χ0) is 19.9. The third kappa shape index (κ3) is 5.28. The second-order valence-electron chi connectivity index (χ2n) is 6.95. The highest BCUT2D eigenvalue weighted by Crippen LogP contribution is 2.19. The molecule has 2 aromatic rings. The number of hydrogen-bond acceptors (Lipinski definition) is 5. The highest BCUT2D eigenvalue weighted by atomic mass is 35.5. The van der Waals surface area contributed by atoms with Gasteiger partial charge in [-0.2, -0.15) is 4.80 Å². The molecule has 0 bridgehead atoms. The molecule has 0 radical (unpaired) electrons. The van der Waals surface area contributed by atoms with Crippen LogP contribution in [0.5, 0.6) is 0 Å². The third-order valence-electron chi connectivity index (χ3n) is 4.87. The van der Waals surface area contributed by atoms with Crippen molar-refractivity contribution in [3.63, 3.8) is 0 Å². The molecule has 0 saturated heterocycles. The lowest BCUT2D eigenvalue weighted by molar-refractivity contribution is -0.125. The Morgan fingerprint density at radius 2 is 1.96 bits per heavy atom. The quantitative estimate of drug-likeness (QED) is 0.703. The molecule has 28 heavy (non-hydrogen) atoms. The highest BCUT2D eigenvalue weighted by Gasteiger charge is 2.22. The summed E-state index contributed by atoms with van der Waals surface area (Å²) in [6.07, 6.45) is 5.20. The number of amides is 2. The number of benzene rings is 1. The molecule has 1 heterocycles. The molecule has 1 atom stereocenters. The SMILES string of the molecule is CCC(C(=O)NCCC(=O)NC1CCCC1)n1nnc(-c2ccc(Cl)cc2)n1. The minimum absolute atomic E-state index is 0.0239. The minimum atomic E-state index is -0.577. The molecule has 1 aromatic heterocycles. The molecule has 1 aliphatic rings. The summed E-state index contributed by atoms with van der Waals surface area (Å²) in [5.74, 6) is 0.180. The topological polar surface area (TPSA) is 102 Å². The van der Waals surface area contributed by atoms with Gasteiger partial charge in [0.05, 0.1) is 0 Å². The zero-order valence-electron chi connectivity index (χ0n) is 15.9. The molecule has 0 spiro atoms. The van der Waals surface area contributed by atoms with Crippen LogP contribution in [-0.2, 0) is 9.59 Å². The average molecular weight is 405 g/mol. The van der Waals surface area contributed by atoms with Gasteiger partial charge in [0.25, 0.3) is 0 Å². The predicted molar refractivity (Wildman–Crippen MR) is 106 cm³/mol. The molecule has 1 unspecified atom stereocenters. The molecule has 1 aliphatic carbocycles. The van der Waals surface area contributed by atoms with Crippen molar-refractivity contribution in [2.75, 3.05) is 6.54 Å². The Hall–Kier alpha value is -2.48. The van der Waals surface area contributed by atoms with Gasteiger partial charge in [0, 0.05) is 29.6 Å².